The molecule has 2 N–H and O–H groups in total. The number of aromatic amines is 1. The lowest BCUT2D eigenvalue weighted by atomic mass is 9.99. The number of H-pyrrole nitrogens is 1. The van der Waals surface area contributed by atoms with Gasteiger partial charge in [0, 0.05) is 23.7 Å². The number of benzene rings is 1. The summed E-state index contributed by atoms with van der Waals surface area (Å²) in [5.74, 6) is 0. The maximum Gasteiger partial charge on any atom is 0.330 e. The number of aryl methyl sites for hydroxylation is 1. The van der Waals surface area contributed by atoms with Crippen molar-refractivity contribution in [3.63, 3.8) is 0 Å². The number of rotatable bonds is 2. The second-order valence-electron chi connectivity index (χ2n) is 6.59. The number of ether oxygens (including phenoxy) is 3. The Bertz CT molecular complexity index is 893. The van der Waals surface area contributed by atoms with Crippen molar-refractivity contribution in [2.24, 2.45) is 0 Å². The van der Waals surface area contributed by atoms with Crippen LogP contribution in [-0.2, 0) is 14.2 Å². The van der Waals surface area contributed by atoms with Crippen LogP contribution in [0.25, 0.3) is 0 Å². The fourth-order valence-corrected chi connectivity index (χ4v) is 3.36. The van der Waals surface area contributed by atoms with Gasteiger partial charge in [-0.3, -0.25) is 14.3 Å². The van der Waals surface area contributed by atoms with E-state index in [1.807, 2.05) is 30.3 Å². The summed E-state index contributed by atoms with van der Waals surface area (Å²) in [5, 5.41) is 10.6. The molecular formula is C18H20N2O6. The van der Waals surface area contributed by atoms with Gasteiger partial charge in [-0.2, -0.15) is 0 Å². The SMILES string of the molecule is Cc1cn([C@H]2C[C@@H](O)[C@@H]3OC(c4ccccc4)OC[C@H]3O2)c(=O)[nH]c1=O. The summed E-state index contributed by atoms with van der Waals surface area (Å²) >= 11 is 0. The molecule has 138 valence electrons. The second-order valence-corrected chi connectivity index (χ2v) is 6.59. The molecule has 5 atom stereocenters. The van der Waals surface area contributed by atoms with Crippen molar-refractivity contribution in [2.45, 2.75) is 44.2 Å². The fourth-order valence-electron chi connectivity index (χ4n) is 3.36. The van der Waals surface area contributed by atoms with E-state index in [1.54, 1.807) is 6.92 Å². The summed E-state index contributed by atoms with van der Waals surface area (Å²) < 4.78 is 18.9. The number of hydrogen-bond donors (Lipinski definition) is 2. The maximum absolute atomic E-state index is 12.1. The Hall–Kier alpha value is -2.26. The molecule has 1 unspecified atom stereocenters. The summed E-state index contributed by atoms with van der Waals surface area (Å²) in [4.78, 5) is 25.9. The highest BCUT2D eigenvalue weighted by atomic mass is 16.7. The minimum atomic E-state index is -0.826. The number of aliphatic hydroxyl groups is 1. The Morgan fingerprint density at radius 1 is 1.19 bits per heavy atom. The van der Waals surface area contributed by atoms with E-state index >= 15 is 0 Å². The molecule has 2 aromatic rings. The summed E-state index contributed by atoms with van der Waals surface area (Å²) in [6.45, 7) is 1.84. The summed E-state index contributed by atoms with van der Waals surface area (Å²) in [6.07, 6.45) is -1.54. The maximum atomic E-state index is 12.1. The number of aliphatic hydroxyl groups excluding tert-OH is 1. The van der Waals surface area contributed by atoms with Gasteiger partial charge in [-0.15, -0.1) is 0 Å². The van der Waals surface area contributed by atoms with Crippen molar-refractivity contribution in [1.82, 2.24) is 9.55 Å². The van der Waals surface area contributed by atoms with Gasteiger partial charge in [0.2, 0.25) is 0 Å². The minimum absolute atomic E-state index is 0.175. The smallest absolute Gasteiger partial charge is 0.330 e. The van der Waals surface area contributed by atoms with Crippen LogP contribution in [0.5, 0.6) is 0 Å². The lowest BCUT2D eigenvalue weighted by Gasteiger charge is -2.44. The van der Waals surface area contributed by atoms with Gasteiger partial charge in [0.15, 0.2) is 6.29 Å². The lowest BCUT2D eigenvalue weighted by molar-refractivity contribution is -0.318. The van der Waals surface area contributed by atoms with Crippen molar-refractivity contribution in [3.8, 4) is 0 Å². The van der Waals surface area contributed by atoms with Crippen molar-refractivity contribution in [3.05, 3.63) is 68.5 Å². The highest BCUT2D eigenvalue weighted by Crippen LogP contribution is 2.36. The first kappa shape index (κ1) is 17.2. The van der Waals surface area contributed by atoms with Gasteiger partial charge in [-0.25, -0.2) is 4.79 Å². The molecule has 2 saturated heterocycles. The van der Waals surface area contributed by atoms with E-state index in [-0.39, 0.29) is 13.0 Å². The highest BCUT2D eigenvalue weighted by Gasteiger charge is 2.44. The van der Waals surface area contributed by atoms with Crippen LogP contribution in [0.15, 0.2) is 46.1 Å². The zero-order valence-corrected chi connectivity index (χ0v) is 14.2. The molecule has 8 nitrogen and oxygen atoms in total. The van der Waals surface area contributed by atoms with Crippen molar-refractivity contribution < 1.29 is 19.3 Å². The fraction of sp³-hybridized carbons (Fsp3) is 0.444. The van der Waals surface area contributed by atoms with Crippen LogP contribution in [0.1, 0.15) is 30.1 Å². The van der Waals surface area contributed by atoms with Gasteiger partial charge < -0.3 is 19.3 Å². The van der Waals surface area contributed by atoms with Crippen LogP contribution in [-0.4, -0.2) is 39.6 Å². The molecule has 8 heteroatoms. The third-order valence-corrected chi connectivity index (χ3v) is 4.74. The molecule has 2 aliphatic rings. The summed E-state index contributed by atoms with van der Waals surface area (Å²) in [5.41, 5.74) is 0.254. The predicted octanol–water partition coefficient (Wildman–Crippen LogP) is 0.608. The molecule has 0 spiro atoms. The Labute approximate surface area is 149 Å². The molecule has 3 heterocycles. The average Bonchev–Trinajstić information content (AvgIpc) is 2.65. The number of aromatic nitrogens is 2. The van der Waals surface area contributed by atoms with Gasteiger partial charge in [0.05, 0.1) is 12.7 Å². The Kier molecular flexibility index (Phi) is 4.49. The Morgan fingerprint density at radius 3 is 2.73 bits per heavy atom. The Morgan fingerprint density at radius 2 is 1.96 bits per heavy atom. The quantitative estimate of drug-likeness (QED) is 0.813. The van der Waals surface area contributed by atoms with E-state index in [0.29, 0.717) is 5.56 Å². The van der Waals surface area contributed by atoms with E-state index in [0.717, 1.165) is 5.56 Å². The van der Waals surface area contributed by atoms with Gasteiger partial charge >= 0.3 is 5.69 Å². The van der Waals surface area contributed by atoms with Crippen molar-refractivity contribution >= 4 is 0 Å². The highest BCUT2D eigenvalue weighted by molar-refractivity contribution is 5.16. The molecule has 0 bridgehead atoms. The minimum Gasteiger partial charge on any atom is -0.390 e. The normalized spacial score (nSPS) is 31.4. The molecule has 1 aromatic heterocycles. The molecule has 0 amide bonds. The third kappa shape index (κ3) is 3.12. The zero-order chi connectivity index (χ0) is 18.3. The standard InChI is InChI=1S/C18H20N2O6/c1-10-8-20(18(23)19-16(10)22)14-7-12(21)15-13(25-14)9-24-17(26-15)11-5-3-2-4-6-11/h2-6,8,12-15,17,21H,7,9H2,1H3,(H,19,22,23)/t12-,13-,14-,15+,17?/m1/s1. The average molecular weight is 360 g/mol. The van der Waals surface area contributed by atoms with Crippen molar-refractivity contribution in [1.29, 1.82) is 0 Å². The van der Waals surface area contributed by atoms with Gasteiger partial charge in [-0.1, -0.05) is 30.3 Å². The molecule has 26 heavy (non-hydrogen) atoms. The topological polar surface area (TPSA) is 103 Å². The second kappa shape index (κ2) is 6.81. The molecule has 4 rings (SSSR count). The summed E-state index contributed by atoms with van der Waals surface area (Å²) in [6, 6.07) is 9.48. The van der Waals surface area contributed by atoms with E-state index in [9.17, 15) is 14.7 Å². The largest absolute Gasteiger partial charge is 0.390 e. The zero-order valence-electron chi connectivity index (χ0n) is 14.2. The monoisotopic (exact) mass is 360 g/mol. The molecule has 0 radical (unpaired) electrons. The van der Waals surface area contributed by atoms with Gasteiger partial charge in [0.1, 0.15) is 18.4 Å². The first-order valence-electron chi connectivity index (χ1n) is 8.50. The Balaban J connectivity index is 1.53. The van der Waals surface area contributed by atoms with E-state index in [4.69, 9.17) is 14.2 Å². The van der Waals surface area contributed by atoms with E-state index < -0.39 is 42.1 Å². The number of nitrogens with zero attached hydrogens (tertiary/aromatic N) is 1. The van der Waals surface area contributed by atoms with Crippen LogP contribution in [0.4, 0.5) is 0 Å². The number of nitrogens with one attached hydrogen (secondary N) is 1. The van der Waals surface area contributed by atoms with E-state index in [1.165, 1.54) is 10.8 Å². The van der Waals surface area contributed by atoms with Crippen molar-refractivity contribution in [2.75, 3.05) is 6.61 Å². The molecule has 0 aliphatic carbocycles. The molecule has 1 aromatic carbocycles. The lowest BCUT2D eigenvalue weighted by Crippen LogP contribution is -2.54. The molecule has 2 aliphatic heterocycles. The molecule has 0 saturated carbocycles. The molecular weight excluding hydrogens is 340 g/mol. The number of hydrogen-bond acceptors (Lipinski definition) is 6. The van der Waals surface area contributed by atoms with E-state index in [2.05, 4.69) is 4.98 Å². The van der Waals surface area contributed by atoms with Gasteiger partial charge in [-0.05, 0) is 6.92 Å². The van der Waals surface area contributed by atoms with Crippen LogP contribution in [0, 0.1) is 6.92 Å². The third-order valence-electron chi connectivity index (χ3n) is 4.74. The van der Waals surface area contributed by atoms with Crippen LogP contribution in [0.2, 0.25) is 0 Å². The number of fused-ring (bicyclic) bond motifs is 1. The molecule has 2 fully saturated rings. The first-order chi connectivity index (χ1) is 12.5. The van der Waals surface area contributed by atoms with Crippen LogP contribution < -0.4 is 11.2 Å². The summed E-state index contributed by atoms with van der Waals surface area (Å²) in [7, 11) is 0. The first-order valence-corrected chi connectivity index (χ1v) is 8.50. The van der Waals surface area contributed by atoms with Crippen LogP contribution >= 0.6 is 0 Å². The van der Waals surface area contributed by atoms with Crippen LogP contribution in [0.3, 0.4) is 0 Å². The predicted molar refractivity (Wildman–Crippen MR) is 90.6 cm³/mol. The van der Waals surface area contributed by atoms with Gasteiger partial charge in [0.25, 0.3) is 5.56 Å².